The Balaban J connectivity index is 1.69. The summed E-state index contributed by atoms with van der Waals surface area (Å²) >= 11 is 0.937. The molecule has 2 aliphatic rings. The third-order valence-electron chi connectivity index (χ3n) is 4.15. The molecule has 1 aliphatic heterocycles. The molecule has 0 saturated heterocycles. The smallest absolute Gasteiger partial charge is 0.352 e. The van der Waals surface area contributed by atoms with Crippen LogP contribution in [0.3, 0.4) is 0 Å². The molecule has 1 aliphatic carbocycles. The van der Waals surface area contributed by atoms with Crippen molar-refractivity contribution in [2.75, 3.05) is 5.32 Å². The standard InChI is InChI=1S/C17H14F3N3O3S/c18-17(19,20)8-1-4-13-11(5-8)23-16(26)14(27-13)6-12(24)10(7-21)15(25)22-9-2-3-9/h1,4-5,9-10,14H,2-3,6H2,(H,22,25)(H,23,26). The molecule has 0 aromatic heterocycles. The van der Waals surface area contributed by atoms with Gasteiger partial charge in [0.15, 0.2) is 11.7 Å². The van der Waals surface area contributed by atoms with E-state index in [0.717, 1.165) is 36.7 Å². The van der Waals surface area contributed by atoms with E-state index in [1.165, 1.54) is 6.07 Å². The molecule has 6 nitrogen and oxygen atoms in total. The predicted octanol–water partition coefficient (Wildman–Crippen LogP) is 2.50. The summed E-state index contributed by atoms with van der Waals surface area (Å²) in [6.45, 7) is 0. The van der Waals surface area contributed by atoms with E-state index in [1.54, 1.807) is 6.07 Å². The zero-order chi connectivity index (χ0) is 19.8. The van der Waals surface area contributed by atoms with E-state index in [0.29, 0.717) is 4.90 Å². The highest BCUT2D eigenvalue weighted by atomic mass is 32.2. The molecular formula is C17H14F3N3O3S. The number of rotatable bonds is 5. The van der Waals surface area contributed by atoms with Gasteiger partial charge in [-0.3, -0.25) is 14.4 Å². The largest absolute Gasteiger partial charge is 0.416 e. The van der Waals surface area contributed by atoms with E-state index in [4.69, 9.17) is 5.26 Å². The van der Waals surface area contributed by atoms with Crippen LogP contribution in [0.5, 0.6) is 0 Å². The Hall–Kier alpha value is -2.54. The summed E-state index contributed by atoms with van der Waals surface area (Å²) in [6.07, 6.45) is -3.30. The number of ketones is 1. The van der Waals surface area contributed by atoms with Crippen LogP contribution in [0.15, 0.2) is 23.1 Å². The first-order valence-electron chi connectivity index (χ1n) is 8.10. The topological polar surface area (TPSA) is 99.1 Å². The van der Waals surface area contributed by atoms with Crippen molar-refractivity contribution in [3.63, 3.8) is 0 Å². The molecule has 0 radical (unpaired) electrons. The van der Waals surface area contributed by atoms with Crippen molar-refractivity contribution in [3.8, 4) is 6.07 Å². The molecular weight excluding hydrogens is 383 g/mol. The zero-order valence-electron chi connectivity index (χ0n) is 13.8. The molecule has 1 fully saturated rings. The number of nitrogens with one attached hydrogen (secondary N) is 2. The molecule has 1 aromatic carbocycles. The molecule has 27 heavy (non-hydrogen) atoms. The Bertz CT molecular complexity index is 846. The fourth-order valence-corrected chi connectivity index (χ4v) is 3.65. The van der Waals surface area contributed by atoms with Gasteiger partial charge in [-0.15, -0.1) is 11.8 Å². The number of amides is 2. The third kappa shape index (κ3) is 4.42. The number of nitriles is 1. The lowest BCUT2D eigenvalue weighted by molar-refractivity contribution is -0.137. The second-order valence-corrected chi connectivity index (χ2v) is 7.56. The van der Waals surface area contributed by atoms with Gasteiger partial charge in [0.2, 0.25) is 11.8 Å². The summed E-state index contributed by atoms with van der Waals surface area (Å²) in [5, 5.41) is 13.1. The number of carbonyl (C=O) groups excluding carboxylic acids is 3. The van der Waals surface area contributed by atoms with Crippen molar-refractivity contribution in [1.29, 1.82) is 5.26 Å². The van der Waals surface area contributed by atoms with Gasteiger partial charge in [-0.2, -0.15) is 18.4 Å². The van der Waals surface area contributed by atoms with Gasteiger partial charge in [-0.25, -0.2) is 0 Å². The second-order valence-electron chi connectivity index (χ2n) is 6.32. The summed E-state index contributed by atoms with van der Waals surface area (Å²) in [7, 11) is 0. The van der Waals surface area contributed by atoms with E-state index in [1.807, 2.05) is 0 Å². The number of anilines is 1. The maximum absolute atomic E-state index is 12.8. The van der Waals surface area contributed by atoms with Crippen molar-refractivity contribution in [1.82, 2.24) is 5.32 Å². The fraction of sp³-hybridized carbons (Fsp3) is 0.412. The van der Waals surface area contributed by atoms with Gasteiger partial charge in [-0.1, -0.05) is 0 Å². The Labute approximate surface area is 156 Å². The molecule has 2 N–H and O–H groups in total. The van der Waals surface area contributed by atoms with Crippen molar-refractivity contribution in [3.05, 3.63) is 23.8 Å². The van der Waals surface area contributed by atoms with Crippen LogP contribution in [-0.4, -0.2) is 28.9 Å². The number of benzene rings is 1. The average molecular weight is 397 g/mol. The highest BCUT2D eigenvalue weighted by molar-refractivity contribution is 8.01. The minimum absolute atomic E-state index is 0.0109. The minimum Gasteiger partial charge on any atom is -0.352 e. The Morgan fingerprint density at radius 1 is 1.37 bits per heavy atom. The molecule has 2 amide bonds. The molecule has 1 heterocycles. The van der Waals surface area contributed by atoms with Crippen molar-refractivity contribution >= 4 is 35.0 Å². The molecule has 2 atom stereocenters. The number of halogens is 3. The first-order chi connectivity index (χ1) is 12.7. The second kappa shape index (κ2) is 7.23. The van der Waals surface area contributed by atoms with Crippen LogP contribution in [-0.2, 0) is 20.6 Å². The van der Waals surface area contributed by atoms with Gasteiger partial charge < -0.3 is 10.6 Å². The number of thioether (sulfide) groups is 1. The minimum atomic E-state index is -4.54. The van der Waals surface area contributed by atoms with E-state index >= 15 is 0 Å². The van der Waals surface area contributed by atoms with Crippen molar-refractivity contribution < 1.29 is 27.6 Å². The molecule has 3 rings (SSSR count). The van der Waals surface area contributed by atoms with Gasteiger partial charge in [0.05, 0.1) is 22.6 Å². The number of fused-ring (bicyclic) bond motifs is 1. The number of hydrogen-bond donors (Lipinski definition) is 2. The Morgan fingerprint density at radius 3 is 2.67 bits per heavy atom. The van der Waals surface area contributed by atoms with Crippen LogP contribution in [0.2, 0.25) is 0 Å². The highest BCUT2D eigenvalue weighted by Crippen LogP contribution is 2.40. The van der Waals surface area contributed by atoms with Gasteiger partial charge in [0.25, 0.3) is 0 Å². The average Bonchev–Trinajstić information content (AvgIpc) is 3.38. The zero-order valence-corrected chi connectivity index (χ0v) is 14.6. The molecule has 0 bridgehead atoms. The summed E-state index contributed by atoms with van der Waals surface area (Å²) in [5.74, 6) is -3.52. The van der Waals surface area contributed by atoms with Crippen LogP contribution < -0.4 is 10.6 Å². The SMILES string of the molecule is N#CC(C(=O)CC1Sc2ccc(C(F)(F)F)cc2NC1=O)C(=O)NC1CC1. The first-order valence-corrected chi connectivity index (χ1v) is 8.98. The number of nitrogens with zero attached hydrogens (tertiary/aromatic N) is 1. The van der Waals surface area contributed by atoms with Gasteiger partial charge >= 0.3 is 6.18 Å². The van der Waals surface area contributed by atoms with Crippen molar-refractivity contribution in [2.45, 2.75) is 41.6 Å². The highest BCUT2D eigenvalue weighted by Gasteiger charge is 2.37. The number of carbonyl (C=O) groups is 3. The molecule has 10 heteroatoms. The molecule has 2 unspecified atom stereocenters. The molecule has 1 saturated carbocycles. The maximum atomic E-state index is 12.8. The normalized spacial score (nSPS) is 20.1. The summed E-state index contributed by atoms with van der Waals surface area (Å²) in [5.41, 5.74) is -0.871. The summed E-state index contributed by atoms with van der Waals surface area (Å²) in [4.78, 5) is 36.8. The van der Waals surface area contributed by atoms with E-state index in [9.17, 15) is 27.6 Å². The quantitative estimate of drug-likeness (QED) is 0.744. The van der Waals surface area contributed by atoms with Gasteiger partial charge in [0, 0.05) is 17.4 Å². The van der Waals surface area contributed by atoms with Gasteiger partial charge in [0.1, 0.15) is 0 Å². The summed E-state index contributed by atoms with van der Waals surface area (Å²) < 4.78 is 38.3. The first kappa shape index (κ1) is 19.2. The maximum Gasteiger partial charge on any atom is 0.416 e. The molecule has 1 aromatic rings. The van der Waals surface area contributed by atoms with Gasteiger partial charge in [-0.05, 0) is 31.0 Å². The van der Waals surface area contributed by atoms with Crippen LogP contribution in [0.1, 0.15) is 24.8 Å². The fourth-order valence-electron chi connectivity index (χ4n) is 2.55. The van der Waals surface area contributed by atoms with Crippen molar-refractivity contribution in [2.24, 2.45) is 5.92 Å². The van der Waals surface area contributed by atoms with Crippen LogP contribution in [0.4, 0.5) is 18.9 Å². The monoisotopic (exact) mass is 397 g/mol. The van der Waals surface area contributed by atoms with Crippen LogP contribution >= 0.6 is 11.8 Å². The lowest BCUT2D eigenvalue weighted by Gasteiger charge is -2.25. The lowest BCUT2D eigenvalue weighted by Crippen LogP contribution is -2.38. The Kier molecular flexibility index (Phi) is 5.15. The lowest BCUT2D eigenvalue weighted by atomic mass is 10.00. The van der Waals surface area contributed by atoms with Crippen LogP contribution in [0.25, 0.3) is 0 Å². The predicted molar refractivity (Wildman–Crippen MR) is 89.6 cm³/mol. The third-order valence-corrected chi connectivity index (χ3v) is 5.43. The number of hydrogen-bond acceptors (Lipinski definition) is 5. The number of alkyl halides is 3. The van der Waals surface area contributed by atoms with Crippen LogP contribution in [0, 0.1) is 17.2 Å². The van der Waals surface area contributed by atoms with E-state index < -0.39 is 40.5 Å². The number of Topliss-reactive ketones (excluding diaryl/α,β-unsaturated/α-hetero) is 1. The molecule has 0 spiro atoms. The molecule has 142 valence electrons. The summed E-state index contributed by atoms with van der Waals surface area (Å²) in [6, 6.07) is 4.59. The van der Waals surface area contributed by atoms with E-state index in [2.05, 4.69) is 10.6 Å². The Morgan fingerprint density at radius 2 is 2.07 bits per heavy atom. The van der Waals surface area contributed by atoms with E-state index in [-0.39, 0.29) is 18.2 Å².